The second kappa shape index (κ2) is 7.20. The summed E-state index contributed by atoms with van der Waals surface area (Å²) in [5, 5.41) is 28.8. The molecule has 27 heavy (non-hydrogen) atoms. The Balaban J connectivity index is 2.20. The molecule has 0 fully saturated rings. The standard InChI is InChI=1S/C21H20BrN5/c1-13(2)27-8-7-17-16(10-27)18(15-5-3-14(9-23)4-6-15)19(22)20(26)21(17,11-24)12-25/h3-7,13,16,18H,8,10,26H2,1-2H3/t16-,18-/m0/s1. The van der Waals surface area contributed by atoms with Gasteiger partial charge in [0, 0.05) is 35.4 Å². The van der Waals surface area contributed by atoms with Gasteiger partial charge in [-0.3, -0.25) is 4.90 Å². The second-order valence-electron chi connectivity index (χ2n) is 7.26. The lowest BCUT2D eigenvalue weighted by Gasteiger charge is -2.46. The van der Waals surface area contributed by atoms with Crippen LogP contribution in [0.5, 0.6) is 0 Å². The third kappa shape index (κ3) is 2.94. The molecule has 136 valence electrons. The molecule has 0 unspecified atom stereocenters. The van der Waals surface area contributed by atoms with E-state index >= 15 is 0 Å². The molecule has 0 aromatic heterocycles. The summed E-state index contributed by atoms with van der Waals surface area (Å²) in [5.74, 6) is -0.143. The van der Waals surface area contributed by atoms with Crippen molar-refractivity contribution >= 4 is 15.9 Å². The normalized spacial score (nSPS) is 24.4. The summed E-state index contributed by atoms with van der Waals surface area (Å²) in [6.45, 7) is 5.71. The molecule has 0 saturated carbocycles. The van der Waals surface area contributed by atoms with Gasteiger partial charge in [-0.15, -0.1) is 0 Å². The predicted octanol–water partition coefficient (Wildman–Crippen LogP) is 3.52. The summed E-state index contributed by atoms with van der Waals surface area (Å²) in [6.07, 6.45) is 2.00. The molecule has 1 aromatic rings. The average molecular weight is 422 g/mol. The molecule has 0 radical (unpaired) electrons. The molecule has 0 spiro atoms. The first-order valence-corrected chi connectivity index (χ1v) is 9.61. The summed E-state index contributed by atoms with van der Waals surface area (Å²) in [7, 11) is 0. The van der Waals surface area contributed by atoms with E-state index in [1.165, 1.54) is 0 Å². The zero-order valence-electron chi connectivity index (χ0n) is 15.3. The van der Waals surface area contributed by atoms with E-state index in [0.29, 0.717) is 22.6 Å². The molecule has 2 N–H and O–H groups in total. The van der Waals surface area contributed by atoms with E-state index in [4.69, 9.17) is 11.0 Å². The summed E-state index contributed by atoms with van der Waals surface area (Å²) >= 11 is 3.61. The van der Waals surface area contributed by atoms with Crippen molar-refractivity contribution in [3.05, 3.63) is 57.2 Å². The van der Waals surface area contributed by atoms with E-state index in [-0.39, 0.29) is 17.5 Å². The van der Waals surface area contributed by atoms with E-state index in [1.807, 2.05) is 18.2 Å². The van der Waals surface area contributed by atoms with E-state index < -0.39 is 5.41 Å². The lowest BCUT2D eigenvalue weighted by molar-refractivity contribution is 0.187. The van der Waals surface area contributed by atoms with Crippen LogP contribution < -0.4 is 5.73 Å². The number of hydrogen-bond donors (Lipinski definition) is 1. The fourth-order valence-corrected chi connectivity index (χ4v) is 4.91. The van der Waals surface area contributed by atoms with E-state index in [0.717, 1.165) is 17.7 Å². The first-order valence-electron chi connectivity index (χ1n) is 8.82. The largest absolute Gasteiger partial charge is 0.399 e. The number of fused-ring (bicyclic) bond motifs is 1. The Labute approximate surface area is 168 Å². The molecule has 2 aliphatic rings. The lowest BCUT2D eigenvalue weighted by atomic mass is 9.62. The van der Waals surface area contributed by atoms with Gasteiger partial charge < -0.3 is 5.73 Å². The minimum atomic E-state index is -1.43. The van der Waals surface area contributed by atoms with Crippen molar-refractivity contribution in [2.75, 3.05) is 13.1 Å². The van der Waals surface area contributed by atoms with Crippen LogP contribution in [0, 0.1) is 45.3 Å². The second-order valence-corrected chi connectivity index (χ2v) is 8.11. The van der Waals surface area contributed by atoms with Gasteiger partial charge in [0.2, 0.25) is 5.41 Å². The number of nitrogens with zero attached hydrogens (tertiary/aromatic N) is 4. The van der Waals surface area contributed by atoms with Crippen LogP contribution >= 0.6 is 15.9 Å². The van der Waals surface area contributed by atoms with Crippen molar-refractivity contribution in [3.8, 4) is 18.2 Å². The van der Waals surface area contributed by atoms with Gasteiger partial charge in [0.1, 0.15) is 0 Å². The van der Waals surface area contributed by atoms with Gasteiger partial charge in [0.25, 0.3) is 0 Å². The predicted molar refractivity (Wildman–Crippen MR) is 106 cm³/mol. The summed E-state index contributed by atoms with van der Waals surface area (Å²) in [5.41, 5.74) is 7.57. The number of halogens is 1. The molecule has 2 atom stereocenters. The van der Waals surface area contributed by atoms with Gasteiger partial charge in [-0.2, -0.15) is 15.8 Å². The van der Waals surface area contributed by atoms with E-state index in [1.54, 1.807) is 12.1 Å². The highest BCUT2D eigenvalue weighted by molar-refractivity contribution is 9.11. The number of allylic oxidation sites excluding steroid dienone is 2. The maximum Gasteiger partial charge on any atom is 0.204 e. The lowest BCUT2D eigenvalue weighted by Crippen LogP contribution is -2.48. The van der Waals surface area contributed by atoms with Crippen molar-refractivity contribution in [2.24, 2.45) is 17.1 Å². The first-order chi connectivity index (χ1) is 12.9. The fraction of sp³-hybridized carbons (Fsp3) is 0.381. The van der Waals surface area contributed by atoms with Crippen molar-refractivity contribution in [3.63, 3.8) is 0 Å². The summed E-state index contributed by atoms with van der Waals surface area (Å²) < 4.78 is 0.683. The van der Waals surface area contributed by atoms with Crippen molar-refractivity contribution in [1.82, 2.24) is 4.90 Å². The first kappa shape index (κ1) is 19.2. The monoisotopic (exact) mass is 421 g/mol. The molecule has 0 saturated heterocycles. The Kier molecular flexibility index (Phi) is 5.11. The Morgan fingerprint density at radius 1 is 1.19 bits per heavy atom. The van der Waals surface area contributed by atoms with Crippen LogP contribution in [0.15, 0.2) is 46.1 Å². The van der Waals surface area contributed by atoms with Crippen LogP contribution in [-0.4, -0.2) is 24.0 Å². The van der Waals surface area contributed by atoms with E-state index in [9.17, 15) is 10.5 Å². The molecule has 6 heteroatoms. The molecule has 5 nitrogen and oxygen atoms in total. The van der Waals surface area contributed by atoms with Crippen LogP contribution in [0.25, 0.3) is 0 Å². The maximum atomic E-state index is 9.87. The maximum absolute atomic E-state index is 9.87. The van der Waals surface area contributed by atoms with Crippen LogP contribution in [0.2, 0.25) is 0 Å². The highest BCUT2D eigenvalue weighted by Crippen LogP contribution is 2.54. The van der Waals surface area contributed by atoms with Crippen LogP contribution in [0.1, 0.15) is 30.9 Å². The van der Waals surface area contributed by atoms with Crippen LogP contribution in [-0.2, 0) is 0 Å². The van der Waals surface area contributed by atoms with E-state index in [2.05, 4.69) is 52.9 Å². The molecule has 1 heterocycles. The highest BCUT2D eigenvalue weighted by Gasteiger charge is 2.51. The fourth-order valence-electron chi connectivity index (χ4n) is 4.03. The molecule has 0 bridgehead atoms. The zero-order chi connectivity index (χ0) is 19.8. The van der Waals surface area contributed by atoms with Gasteiger partial charge in [0.05, 0.1) is 29.5 Å². The Hall–Kier alpha value is -2.59. The smallest absolute Gasteiger partial charge is 0.204 e. The molecule has 3 rings (SSSR count). The summed E-state index contributed by atoms with van der Waals surface area (Å²) in [4.78, 5) is 2.33. The van der Waals surface area contributed by atoms with Gasteiger partial charge in [-0.25, -0.2) is 0 Å². The number of nitrogens with two attached hydrogens (primary N) is 1. The van der Waals surface area contributed by atoms with Gasteiger partial charge in [-0.05, 0) is 37.1 Å². The summed E-state index contributed by atoms with van der Waals surface area (Å²) in [6, 6.07) is 14.3. The quantitative estimate of drug-likeness (QED) is 0.735. The Bertz CT molecular complexity index is 923. The van der Waals surface area contributed by atoms with Crippen molar-refractivity contribution in [1.29, 1.82) is 15.8 Å². The Morgan fingerprint density at radius 3 is 2.33 bits per heavy atom. The highest BCUT2D eigenvalue weighted by atomic mass is 79.9. The molecule has 1 aliphatic heterocycles. The Morgan fingerprint density at radius 2 is 1.81 bits per heavy atom. The number of rotatable bonds is 2. The SMILES string of the molecule is CC(C)N1CC=C2[C@H](C1)[C@H](c1ccc(C#N)cc1)C(Br)=C(N)C2(C#N)C#N. The molecule has 0 amide bonds. The van der Waals surface area contributed by atoms with Gasteiger partial charge >= 0.3 is 0 Å². The number of nitriles is 3. The van der Waals surface area contributed by atoms with Crippen molar-refractivity contribution in [2.45, 2.75) is 25.8 Å². The zero-order valence-corrected chi connectivity index (χ0v) is 16.9. The minimum absolute atomic E-state index is 0.0462. The van der Waals surface area contributed by atoms with Crippen molar-refractivity contribution < 1.29 is 0 Å². The van der Waals surface area contributed by atoms with Gasteiger partial charge in [0.15, 0.2) is 0 Å². The minimum Gasteiger partial charge on any atom is -0.399 e. The molecular weight excluding hydrogens is 402 g/mol. The average Bonchev–Trinajstić information content (AvgIpc) is 2.69. The van der Waals surface area contributed by atoms with Crippen LogP contribution in [0.3, 0.4) is 0 Å². The number of hydrogen-bond acceptors (Lipinski definition) is 5. The third-order valence-corrected chi connectivity index (χ3v) is 6.53. The molecule has 1 aromatic carbocycles. The molecular formula is C21H20BrN5. The topological polar surface area (TPSA) is 101 Å². The van der Waals surface area contributed by atoms with Crippen LogP contribution in [0.4, 0.5) is 0 Å². The molecule has 1 aliphatic carbocycles. The third-order valence-electron chi connectivity index (χ3n) is 5.61. The number of benzene rings is 1. The van der Waals surface area contributed by atoms with Gasteiger partial charge in [-0.1, -0.05) is 34.1 Å².